The molecule has 0 spiro atoms. The molecule has 0 aromatic heterocycles. The zero-order chi connectivity index (χ0) is 16.0. The van der Waals surface area contributed by atoms with Crippen LogP contribution in [-0.4, -0.2) is 25.5 Å². The number of hydrogen-bond acceptors (Lipinski definition) is 2. The molecule has 0 amide bonds. The minimum Gasteiger partial charge on any atom is -0.309 e. The fourth-order valence-electron chi connectivity index (χ4n) is 2.83. The standard InChI is InChI=1S/C19H30N2/c1-15(2)13-17-7-9-18(10-8-17)19(14-20,16(3)4)11-12-21(5)6/h7-10,15-16H,11-13H2,1-6H3. The van der Waals surface area contributed by atoms with E-state index in [0.29, 0.717) is 11.8 Å². The molecule has 1 aromatic carbocycles. The van der Waals surface area contributed by atoms with Crippen LogP contribution in [0, 0.1) is 23.2 Å². The summed E-state index contributed by atoms with van der Waals surface area (Å²) in [7, 11) is 4.13. The van der Waals surface area contributed by atoms with Gasteiger partial charge in [0.2, 0.25) is 0 Å². The van der Waals surface area contributed by atoms with Crippen LogP contribution in [0.3, 0.4) is 0 Å². The monoisotopic (exact) mass is 286 g/mol. The lowest BCUT2D eigenvalue weighted by atomic mass is 9.70. The second-order valence-corrected chi connectivity index (χ2v) is 7.09. The molecular weight excluding hydrogens is 256 g/mol. The molecule has 21 heavy (non-hydrogen) atoms. The van der Waals surface area contributed by atoms with E-state index in [1.165, 1.54) is 5.56 Å². The Morgan fingerprint density at radius 3 is 2.05 bits per heavy atom. The van der Waals surface area contributed by atoms with Crippen LogP contribution in [-0.2, 0) is 11.8 Å². The molecule has 2 heteroatoms. The fraction of sp³-hybridized carbons (Fsp3) is 0.632. The maximum absolute atomic E-state index is 9.86. The van der Waals surface area contributed by atoms with Gasteiger partial charge in [-0.2, -0.15) is 5.26 Å². The molecule has 0 radical (unpaired) electrons. The average molecular weight is 286 g/mol. The van der Waals surface area contributed by atoms with Gasteiger partial charge in [-0.15, -0.1) is 0 Å². The molecule has 0 aliphatic carbocycles. The molecular formula is C19H30N2. The number of nitrogens with zero attached hydrogens (tertiary/aromatic N) is 2. The molecule has 0 heterocycles. The third-order valence-electron chi connectivity index (χ3n) is 4.25. The zero-order valence-corrected chi connectivity index (χ0v) is 14.5. The Kier molecular flexibility index (Phi) is 6.42. The second kappa shape index (κ2) is 7.61. The highest BCUT2D eigenvalue weighted by Gasteiger charge is 2.35. The SMILES string of the molecule is CC(C)Cc1ccc(C(C#N)(CCN(C)C)C(C)C)cc1. The summed E-state index contributed by atoms with van der Waals surface area (Å²) >= 11 is 0. The average Bonchev–Trinajstić information content (AvgIpc) is 2.40. The molecule has 1 rings (SSSR count). The quantitative estimate of drug-likeness (QED) is 0.749. The van der Waals surface area contributed by atoms with E-state index < -0.39 is 0 Å². The lowest BCUT2D eigenvalue weighted by Crippen LogP contribution is -2.34. The van der Waals surface area contributed by atoms with E-state index in [-0.39, 0.29) is 5.41 Å². The maximum Gasteiger partial charge on any atom is 0.0857 e. The van der Waals surface area contributed by atoms with Crippen molar-refractivity contribution in [1.29, 1.82) is 5.26 Å². The van der Waals surface area contributed by atoms with Gasteiger partial charge in [0.05, 0.1) is 11.5 Å². The van der Waals surface area contributed by atoms with Crippen molar-refractivity contribution in [2.75, 3.05) is 20.6 Å². The highest BCUT2D eigenvalue weighted by Crippen LogP contribution is 2.35. The van der Waals surface area contributed by atoms with Crippen molar-refractivity contribution in [3.8, 4) is 6.07 Å². The van der Waals surface area contributed by atoms with Crippen molar-refractivity contribution in [1.82, 2.24) is 4.90 Å². The van der Waals surface area contributed by atoms with Gasteiger partial charge in [-0.3, -0.25) is 0 Å². The Hall–Kier alpha value is -1.33. The summed E-state index contributed by atoms with van der Waals surface area (Å²) in [5.74, 6) is 0.966. The molecule has 0 saturated carbocycles. The van der Waals surface area contributed by atoms with E-state index in [1.807, 2.05) is 0 Å². The Morgan fingerprint density at radius 1 is 1.10 bits per heavy atom. The van der Waals surface area contributed by atoms with Crippen LogP contribution in [0.25, 0.3) is 0 Å². The predicted octanol–water partition coefficient (Wildman–Crippen LogP) is 4.25. The van der Waals surface area contributed by atoms with Crippen LogP contribution in [0.4, 0.5) is 0 Å². The molecule has 1 unspecified atom stereocenters. The first-order valence-corrected chi connectivity index (χ1v) is 7.97. The van der Waals surface area contributed by atoms with E-state index in [9.17, 15) is 5.26 Å². The van der Waals surface area contributed by atoms with Gasteiger partial charge < -0.3 is 4.90 Å². The van der Waals surface area contributed by atoms with Gasteiger partial charge in [0, 0.05) is 0 Å². The minimum atomic E-state index is -0.388. The summed E-state index contributed by atoms with van der Waals surface area (Å²) in [6, 6.07) is 11.3. The first-order chi connectivity index (χ1) is 9.81. The topological polar surface area (TPSA) is 27.0 Å². The van der Waals surface area contributed by atoms with Gasteiger partial charge in [0.25, 0.3) is 0 Å². The van der Waals surface area contributed by atoms with Gasteiger partial charge in [-0.05, 0) is 56.4 Å². The molecule has 2 nitrogen and oxygen atoms in total. The Balaban J connectivity index is 3.06. The van der Waals surface area contributed by atoms with Gasteiger partial charge in [-0.25, -0.2) is 0 Å². The summed E-state index contributed by atoms with van der Waals surface area (Å²) in [5, 5.41) is 9.86. The predicted molar refractivity (Wildman–Crippen MR) is 90.3 cm³/mol. The number of hydrogen-bond donors (Lipinski definition) is 0. The van der Waals surface area contributed by atoms with Gasteiger partial charge in [0.1, 0.15) is 0 Å². The van der Waals surface area contributed by atoms with Crippen LogP contribution in [0.15, 0.2) is 24.3 Å². The van der Waals surface area contributed by atoms with Crippen molar-refractivity contribution in [3.63, 3.8) is 0 Å². The maximum atomic E-state index is 9.86. The van der Waals surface area contributed by atoms with Crippen LogP contribution < -0.4 is 0 Å². The summed E-state index contributed by atoms with van der Waals surface area (Å²) in [5.41, 5.74) is 2.13. The molecule has 1 aromatic rings. The van der Waals surface area contributed by atoms with E-state index >= 15 is 0 Å². The molecule has 0 saturated heterocycles. The van der Waals surface area contributed by atoms with E-state index in [1.54, 1.807) is 0 Å². The smallest absolute Gasteiger partial charge is 0.0857 e. The highest BCUT2D eigenvalue weighted by atomic mass is 15.0. The molecule has 0 aliphatic rings. The van der Waals surface area contributed by atoms with Crippen molar-refractivity contribution < 1.29 is 0 Å². The normalized spacial score (nSPS) is 14.5. The largest absolute Gasteiger partial charge is 0.309 e. The van der Waals surface area contributed by atoms with Crippen molar-refractivity contribution >= 4 is 0 Å². The third-order valence-corrected chi connectivity index (χ3v) is 4.25. The number of nitriles is 1. The van der Waals surface area contributed by atoms with Crippen LogP contribution in [0.2, 0.25) is 0 Å². The van der Waals surface area contributed by atoms with E-state index in [4.69, 9.17) is 0 Å². The lowest BCUT2D eigenvalue weighted by Gasteiger charge is -2.32. The van der Waals surface area contributed by atoms with Crippen LogP contribution in [0.5, 0.6) is 0 Å². The number of rotatable bonds is 7. The molecule has 0 N–H and O–H groups in total. The summed E-state index contributed by atoms with van der Waals surface area (Å²) < 4.78 is 0. The van der Waals surface area contributed by atoms with Crippen molar-refractivity contribution in [2.24, 2.45) is 11.8 Å². The molecule has 1 atom stereocenters. The first-order valence-electron chi connectivity index (χ1n) is 7.97. The fourth-order valence-corrected chi connectivity index (χ4v) is 2.83. The minimum absolute atomic E-state index is 0.304. The zero-order valence-electron chi connectivity index (χ0n) is 14.5. The summed E-state index contributed by atoms with van der Waals surface area (Å²) in [6.07, 6.45) is 1.97. The Morgan fingerprint density at radius 2 is 1.67 bits per heavy atom. The number of benzene rings is 1. The van der Waals surface area contributed by atoms with E-state index in [2.05, 4.69) is 77.0 Å². The lowest BCUT2D eigenvalue weighted by molar-refractivity contribution is 0.303. The van der Waals surface area contributed by atoms with Crippen molar-refractivity contribution in [3.05, 3.63) is 35.4 Å². The van der Waals surface area contributed by atoms with Gasteiger partial charge >= 0.3 is 0 Å². The van der Waals surface area contributed by atoms with Crippen LogP contribution >= 0.6 is 0 Å². The molecule has 0 aliphatic heterocycles. The molecule has 116 valence electrons. The Labute approximate surface area is 130 Å². The van der Waals surface area contributed by atoms with Crippen molar-refractivity contribution in [2.45, 2.75) is 46.0 Å². The first kappa shape index (κ1) is 17.7. The summed E-state index contributed by atoms with van der Waals surface area (Å²) in [6.45, 7) is 9.71. The highest BCUT2D eigenvalue weighted by molar-refractivity contribution is 5.35. The second-order valence-electron chi connectivity index (χ2n) is 7.09. The van der Waals surface area contributed by atoms with Gasteiger partial charge in [-0.1, -0.05) is 52.0 Å². The molecule has 0 fully saturated rings. The van der Waals surface area contributed by atoms with Crippen LogP contribution in [0.1, 0.15) is 45.2 Å². The van der Waals surface area contributed by atoms with Gasteiger partial charge in [0.15, 0.2) is 0 Å². The Bertz CT molecular complexity index is 465. The molecule has 0 bridgehead atoms. The van der Waals surface area contributed by atoms with E-state index in [0.717, 1.165) is 24.9 Å². The third kappa shape index (κ3) is 4.58. The summed E-state index contributed by atoms with van der Waals surface area (Å²) in [4.78, 5) is 2.15.